The first-order chi connectivity index (χ1) is 6.18. The molecule has 70 valence electrons. The topological polar surface area (TPSA) is 12.5 Å². The van der Waals surface area contributed by atoms with Gasteiger partial charge in [-0.3, -0.25) is 0 Å². The van der Waals surface area contributed by atoms with Gasteiger partial charge >= 0.3 is 0 Å². The van der Waals surface area contributed by atoms with Crippen molar-refractivity contribution in [3.05, 3.63) is 35.6 Å². The van der Waals surface area contributed by atoms with Crippen LogP contribution in [-0.2, 0) is 11.2 Å². The van der Waals surface area contributed by atoms with E-state index < -0.39 is 0 Å². The molecule has 1 heterocycles. The summed E-state index contributed by atoms with van der Waals surface area (Å²) in [6.07, 6.45) is 2.00. The fraction of sp³-hybridized carbons (Fsp3) is 0.455. The van der Waals surface area contributed by atoms with Gasteiger partial charge in [0, 0.05) is 0 Å². The van der Waals surface area contributed by atoms with Gasteiger partial charge in [0.1, 0.15) is 5.82 Å². The Kier molecular flexibility index (Phi) is 2.08. The zero-order valence-electron chi connectivity index (χ0n) is 7.72. The highest BCUT2D eigenvalue weighted by molar-refractivity contribution is 5.16. The van der Waals surface area contributed by atoms with E-state index in [1.54, 1.807) is 0 Å². The monoisotopic (exact) mass is 180 g/mol. The van der Waals surface area contributed by atoms with Crippen molar-refractivity contribution in [2.45, 2.75) is 25.4 Å². The molecule has 0 spiro atoms. The van der Waals surface area contributed by atoms with Crippen LogP contribution in [0.15, 0.2) is 24.3 Å². The van der Waals surface area contributed by atoms with Gasteiger partial charge in [-0.2, -0.15) is 0 Å². The molecule has 1 fully saturated rings. The summed E-state index contributed by atoms with van der Waals surface area (Å²) >= 11 is 0. The maximum absolute atomic E-state index is 12.5. The molecule has 0 aromatic heterocycles. The molecule has 1 aromatic carbocycles. The summed E-state index contributed by atoms with van der Waals surface area (Å²) in [6, 6.07) is 6.68. The summed E-state index contributed by atoms with van der Waals surface area (Å²) in [5.74, 6) is -0.169. The molecule has 0 N–H and O–H groups in total. The number of epoxide rings is 1. The standard InChI is InChI=1S/C11H13FO/c1-11(8-13-11)7-6-9-2-4-10(12)5-3-9/h2-5H,6-8H2,1H3. The number of hydrogen-bond donors (Lipinski definition) is 0. The maximum Gasteiger partial charge on any atom is 0.123 e. The summed E-state index contributed by atoms with van der Waals surface area (Å²) in [4.78, 5) is 0. The summed E-state index contributed by atoms with van der Waals surface area (Å²) in [5, 5.41) is 0. The van der Waals surface area contributed by atoms with E-state index in [0.717, 1.165) is 19.4 Å². The minimum absolute atomic E-state index is 0.106. The number of benzene rings is 1. The molecular weight excluding hydrogens is 167 g/mol. The van der Waals surface area contributed by atoms with E-state index in [-0.39, 0.29) is 11.4 Å². The molecule has 1 saturated heterocycles. The van der Waals surface area contributed by atoms with Crippen LogP contribution < -0.4 is 0 Å². The van der Waals surface area contributed by atoms with Gasteiger partial charge in [0.2, 0.25) is 0 Å². The van der Waals surface area contributed by atoms with Crippen LogP contribution in [-0.4, -0.2) is 12.2 Å². The molecule has 1 atom stereocenters. The normalized spacial score (nSPS) is 26.0. The smallest absolute Gasteiger partial charge is 0.123 e. The number of halogens is 1. The molecule has 0 amide bonds. The first kappa shape index (κ1) is 8.70. The number of hydrogen-bond acceptors (Lipinski definition) is 1. The summed E-state index contributed by atoms with van der Waals surface area (Å²) in [6.45, 7) is 2.98. The van der Waals surface area contributed by atoms with E-state index in [2.05, 4.69) is 6.92 Å². The third-order valence-electron chi connectivity index (χ3n) is 2.49. The number of rotatable bonds is 3. The van der Waals surface area contributed by atoms with E-state index in [1.165, 1.54) is 17.7 Å². The fourth-order valence-electron chi connectivity index (χ4n) is 1.33. The molecule has 2 rings (SSSR count). The Morgan fingerprint density at radius 3 is 2.54 bits per heavy atom. The predicted molar refractivity (Wildman–Crippen MR) is 49.1 cm³/mol. The Morgan fingerprint density at radius 1 is 1.38 bits per heavy atom. The highest BCUT2D eigenvalue weighted by Crippen LogP contribution is 2.31. The molecule has 13 heavy (non-hydrogen) atoms. The van der Waals surface area contributed by atoms with E-state index >= 15 is 0 Å². The van der Waals surface area contributed by atoms with E-state index in [0.29, 0.717) is 0 Å². The van der Waals surface area contributed by atoms with Crippen molar-refractivity contribution in [2.75, 3.05) is 6.61 Å². The Labute approximate surface area is 77.5 Å². The van der Waals surface area contributed by atoms with Crippen LogP contribution in [0, 0.1) is 5.82 Å². The fourth-order valence-corrected chi connectivity index (χ4v) is 1.33. The second-order valence-corrected chi connectivity index (χ2v) is 3.87. The van der Waals surface area contributed by atoms with Crippen LogP contribution in [0.25, 0.3) is 0 Å². The van der Waals surface area contributed by atoms with Crippen molar-refractivity contribution in [1.82, 2.24) is 0 Å². The van der Waals surface area contributed by atoms with Crippen molar-refractivity contribution in [2.24, 2.45) is 0 Å². The van der Waals surface area contributed by atoms with Gasteiger partial charge in [-0.15, -0.1) is 0 Å². The third-order valence-corrected chi connectivity index (χ3v) is 2.49. The molecule has 0 bridgehead atoms. The molecular formula is C11H13FO. The summed E-state index contributed by atoms with van der Waals surface area (Å²) < 4.78 is 17.8. The molecule has 1 aliphatic heterocycles. The molecule has 0 radical (unpaired) electrons. The van der Waals surface area contributed by atoms with Crippen LogP contribution in [0.3, 0.4) is 0 Å². The van der Waals surface area contributed by atoms with Crippen molar-refractivity contribution in [3.63, 3.8) is 0 Å². The minimum Gasteiger partial charge on any atom is -0.370 e. The van der Waals surface area contributed by atoms with Crippen molar-refractivity contribution >= 4 is 0 Å². The quantitative estimate of drug-likeness (QED) is 0.651. The molecule has 1 aromatic rings. The van der Waals surface area contributed by atoms with E-state index in [4.69, 9.17) is 4.74 Å². The lowest BCUT2D eigenvalue weighted by molar-refractivity contribution is 0.309. The van der Waals surface area contributed by atoms with E-state index in [1.807, 2.05) is 12.1 Å². The Hall–Kier alpha value is -0.890. The Morgan fingerprint density at radius 2 is 2.00 bits per heavy atom. The minimum atomic E-state index is -0.169. The van der Waals surface area contributed by atoms with Crippen LogP contribution >= 0.6 is 0 Å². The summed E-state index contributed by atoms with van der Waals surface area (Å²) in [7, 11) is 0. The zero-order chi connectivity index (χ0) is 9.31. The predicted octanol–water partition coefficient (Wildman–Crippen LogP) is 2.55. The van der Waals surface area contributed by atoms with Crippen molar-refractivity contribution < 1.29 is 9.13 Å². The van der Waals surface area contributed by atoms with Crippen LogP contribution in [0.4, 0.5) is 4.39 Å². The SMILES string of the molecule is CC1(CCc2ccc(F)cc2)CO1. The van der Waals surface area contributed by atoms with Crippen molar-refractivity contribution in [3.8, 4) is 0 Å². The highest BCUT2D eigenvalue weighted by Gasteiger charge is 2.38. The van der Waals surface area contributed by atoms with Crippen LogP contribution in [0.5, 0.6) is 0 Å². The average Bonchev–Trinajstić information content (AvgIpc) is 2.84. The highest BCUT2D eigenvalue weighted by atomic mass is 19.1. The molecule has 1 unspecified atom stereocenters. The van der Waals surface area contributed by atoms with Gasteiger partial charge in [0.15, 0.2) is 0 Å². The lowest BCUT2D eigenvalue weighted by Crippen LogP contribution is -2.05. The van der Waals surface area contributed by atoms with Gasteiger partial charge in [-0.05, 0) is 37.5 Å². The lowest BCUT2D eigenvalue weighted by Gasteiger charge is -2.04. The van der Waals surface area contributed by atoms with Crippen molar-refractivity contribution in [1.29, 1.82) is 0 Å². The Bertz CT molecular complexity index is 287. The van der Waals surface area contributed by atoms with Gasteiger partial charge in [-0.25, -0.2) is 4.39 Å². The molecule has 2 heteroatoms. The van der Waals surface area contributed by atoms with Gasteiger partial charge in [0.05, 0.1) is 12.2 Å². The second kappa shape index (κ2) is 3.11. The maximum atomic E-state index is 12.5. The average molecular weight is 180 g/mol. The van der Waals surface area contributed by atoms with Gasteiger partial charge in [0.25, 0.3) is 0 Å². The Balaban J connectivity index is 1.91. The van der Waals surface area contributed by atoms with E-state index in [9.17, 15) is 4.39 Å². The number of aryl methyl sites for hydroxylation is 1. The first-order valence-electron chi connectivity index (χ1n) is 4.56. The molecule has 1 aliphatic rings. The lowest BCUT2D eigenvalue weighted by atomic mass is 10.0. The molecule has 1 nitrogen and oxygen atoms in total. The van der Waals surface area contributed by atoms with Gasteiger partial charge < -0.3 is 4.74 Å². The molecule has 0 saturated carbocycles. The molecule has 0 aliphatic carbocycles. The number of ether oxygens (including phenoxy) is 1. The second-order valence-electron chi connectivity index (χ2n) is 3.87. The zero-order valence-corrected chi connectivity index (χ0v) is 7.72. The summed E-state index contributed by atoms with van der Waals surface area (Å²) in [5.41, 5.74) is 1.28. The van der Waals surface area contributed by atoms with Crippen LogP contribution in [0.2, 0.25) is 0 Å². The van der Waals surface area contributed by atoms with Crippen LogP contribution in [0.1, 0.15) is 18.9 Å². The third kappa shape index (κ3) is 2.28. The van der Waals surface area contributed by atoms with Gasteiger partial charge in [-0.1, -0.05) is 12.1 Å². The largest absolute Gasteiger partial charge is 0.370 e. The first-order valence-corrected chi connectivity index (χ1v) is 4.56.